The smallest absolute Gasteiger partial charge is 0.256 e. The molecule has 0 spiro atoms. The first-order chi connectivity index (χ1) is 11.1. The van der Waals surface area contributed by atoms with Gasteiger partial charge in [0.25, 0.3) is 5.91 Å². The Hall–Kier alpha value is -2.08. The summed E-state index contributed by atoms with van der Waals surface area (Å²) in [6, 6.07) is 1.10. The molecule has 1 saturated carbocycles. The fourth-order valence-corrected chi connectivity index (χ4v) is 3.55. The molecule has 2 aromatic rings. The molecule has 1 aliphatic heterocycles. The lowest BCUT2D eigenvalue weighted by Gasteiger charge is -2.25. The van der Waals surface area contributed by atoms with Gasteiger partial charge in [-0.05, 0) is 19.3 Å². The van der Waals surface area contributed by atoms with E-state index in [1.807, 2.05) is 31.4 Å². The van der Waals surface area contributed by atoms with Crippen molar-refractivity contribution in [2.45, 2.75) is 31.3 Å². The Balaban J connectivity index is 1.52. The zero-order valence-electron chi connectivity index (χ0n) is 13.7. The average molecular weight is 313 g/mol. The van der Waals surface area contributed by atoms with Crippen LogP contribution in [0.15, 0.2) is 24.8 Å². The number of aromatic nitrogens is 3. The molecule has 3 heterocycles. The van der Waals surface area contributed by atoms with Crippen molar-refractivity contribution in [2.75, 3.05) is 20.1 Å². The molecular weight excluding hydrogens is 290 g/mol. The van der Waals surface area contributed by atoms with E-state index < -0.39 is 0 Å². The van der Waals surface area contributed by atoms with Crippen molar-refractivity contribution in [1.82, 2.24) is 24.6 Å². The van der Waals surface area contributed by atoms with E-state index in [1.165, 1.54) is 12.8 Å². The first-order valence-electron chi connectivity index (χ1n) is 8.30. The highest BCUT2D eigenvalue weighted by Crippen LogP contribution is 2.31. The minimum absolute atomic E-state index is 0.0905. The van der Waals surface area contributed by atoms with E-state index in [2.05, 4.69) is 15.0 Å². The maximum absolute atomic E-state index is 12.9. The maximum atomic E-state index is 12.9. The van der Waals surface area contributed by atoms with Crippen LogP contribution in [-0.4, -0.2) is 62.7 Å². The Labute approximate surface area is 136 Å². The third kappa shape index (κ3) is 2.67. The molecule has 1 atom stereocenters. The molecule has 4 rings (SSSR count). The van der Waals surface area contributed by atoms with Gasteiger partial charge in [0.15, 0.2) is 0 Å². The van der Waals surface area contributed by atoms with Gasteiger partial charge in [0.05, 0.1) is 11.8 Å². The van der Waals surface area contributed by atoms with E-state index in [1.54, 1.807) is 17.1 Å². The predicted molar refractivity (Wildman–Crippen MR) is 88.1 cm³/mol. The van der Waals surface area contributed by atoms with Crippen LogP contribution in [0.4, 0.5) is 0 Å². The van der Waals surface area contributed by atoms with Crippen LogP contribution in [-0.2, 0) is 7.05 Å². The number of aryl methyl sites for hydroxylation is 1. The van der Waals surface area contributed by atoms with Gasteiger partial charge in [-0.2, -0.15) is 5.10 Å². The van der Waals surface area contributed by atoms with Crippen molar-refractivity contribution < 1.29 is 4.79 Å². The van der Waals surface area contributed by atoms with Crippen molar-refractivity contribution >= 4 is 5.91 Å². The first-order valence-corrected chi connectivity index (χ1v) is 8.30. The number of nitrogens with zero attached hydrogens (tertiary/aromatic N) is 4. The molecule has 1 unspecified atom stereocenters. The Morgan fingerprint density at radius 2 is 2.17 bits per heavy atom. The van der Waals surface area contributed by atoms with Crippen LogP contribution in [0, 0.1) is 0 Å². The third-order valence-electron chi connectivity index (χ3n) is 5.12. The molecule has 1 N–H and O–H groups in total. The van der Waals surface area contributed by atoms with E-state index in [0.29, 0.717) is 6.04 Å². The van der Waals surface area contributed by atoms with Crippen LogP contribution in [0.3, 0.4) is 0 Å². The molecule has 2 aromatic heterocycles. The number of rotatable bonds is 4. The highest BCUT2D eigenvalue weighted by molar-refractivity contribution is 6.00. The zero-order valence-corrected chi connectivity index (χ0v) is 13.7. The lowest BCUT2D eigenvalue weighted by atomic mass is 10.1. The second-order valence-electron chi connectivity index (χ2n) is 6.77. The Kier molecular flexibility index (Phi) is 3.49. The van der Waals surface area contributed by atoms with Gasteiger partial charge in [0, 0.05) is 69.0 Å². The van der Waals surface area contributed by atoms with Crippen molar-refractivity contribution in [1.29, 1.82) is 0 Å². The number of hydrogen-bond donors (Lipinski definition) is 1. The van der Waals surface area contributed by atoms with Crippen LogP contribution in [0.1, 0.15) is 29.6 Å². The van der Waals surface area contributed by atoms with Gasteiger partial charge >= 0.3 is 0 Å². The second kappa shape index (κ2) is 5.53. The molecule has 122 valence electrons. The van der Waals surface area contributed by atoms with Crippen molar-refractivity contribution in [3.05, 3.63) is 30.4 Å². The van der Waals surface area contributed by atoms with E-state index in [-0.39, 0.29) is 5.91 Å². The topological polar surface area (TPSA) is 57.2 Å². The minimum Gasteiger partial charge on any atom is -0.366 e. The summed E-state index contributed by atoms with van der Waals surface area (Å²) in [5.74, 6) is 0.0905. The summed E-state index contributed by atoms with van der Waals surface area (Å²) in [7, 11) is 3.82. The van der Waals surface area contributed by atoms with E-state index in [4.69, 9.17) is 0 Å². The van der Waals surface area contributed by atoms with Crippen LogP contribution >= 0.6 is 0 Å². The highest BCUT2D eigenvalue weighted by Gasteiger charge is 2.37. The van der Waals surface area contributed by atoms with Crippen LogP contribution in [0.2, 0.25) is 0 Å². The molecule has 2 fully saturated rings. The molecule has 0 bridgehead atoms. The number of carbonyl (C=O) groups excluding carboxylic acids is 1. The molecule has 0 radical (unpaired) electrons. The monoisotopic (exact) mass is 313 g/mol. The van der Waals surface area contributed by atoms with Gasteiger partial charge in [-0.3, -0.25) is 14.4 Å². The SMILES string of the molecule is CN(C(=O)c1c[nH]cc1-c1cnn(C)c1)C1CCN(C2CC2)C1. The standard InChI is InChI=1S/C17H23N5O/c1-20-10-12(7-19-20)15-8-18-9-16(15)17(23)21(2)14-5-6-22(11-14)13-3-4-13/h7-10,13-14,18H,3-6,11H2,1-2H3. The second-order valence-corrected chi connectivity index (χ2v) is 6.77. The lowest BCUT2D eigenvalue weighted by molar-refractivity contribution is 0.0735. The molecule has 6 nitrogen and oxygen atoms in total. The number of likely N-dealkylation sites (tertiary alicyclic amines) is 1. The van der Waals surface area contributed by atoms with Gasteiger partial charge in [-0.25, -0.2) is 0 Å². The van der Waals surface area contributed by atoms with Gasteiger partial charge in [-0.15, -0.1) is 0 Å². The van der Waals surface area contributed by atoms with Crippen LogP contribution in [0.25, 0.3) is 11.1 Å². The first kappa shape index (κ1) is 14.5. The molecule has 2 aliphatic rings. The summed E-state index contributed by atoms with van der Waals surface area (Å²) >= 11 is 0. The summed E-state index contributed by atoms with van der Waals surface area (Å²) in [5.41, 5.74) is 2.62. The summed E-state index contributed by atoms with van der Waals surface area (Å²) in [5, 5.41) is 4.20. The quantitative estimate of drug-likeness (QED) is 0.935. The molecule has 23 heavy (non-hydrogen) atoms. The molecule has 1 saturated heterocycles. The maximum Gasteiger partial charge on any atom is 0.256 e. The Morgan fingerprint density at radius 1 is 1.35 bits per heavy atom. The number of nitrogens with one attached hydrogen (secondary N) is 1. The Morgan fingerprint density at radius 3 is 2.87 bits per heavy atom. The normalized spacial score (nSPS) is 21.7. The van der Waals surface area contributed by atoms with E-state index in [0.717, 1.165) is 42.2 Å². The fraction of sp³-hybridized carbons (Fsp3) is 0.529. The van der Waals surface area contributed by atoms with Crippen LogP contribution < -0.4 is 0 Å². The van der Waals surface area contributed by atoms with Gasteiger partial charge in [0.2, 0.25) is 0 Å². The summed E-state index contributed by atoms with van der Waals surface area (Å²) in [4.78, 5) is 20.5. The predicted octanol–water partition coefficient (Wildman–Crippen LogP) is 1.72. The highest BCUT2D eigenvalue weighted by atomic mass is 16.2. The molecule has 1 aliphatic carbocycles. The van der Waals surface area contributed by atoms with Crippen molar-refractivity contribution in [2.24, 2.45) is 7.05 Å². The molecular formula is C17H23N5O. The summed E-state index contributed by atoms with van der Waals surface area (Å²) in [6.07, 6.45) is 11.1. The molecule has 0 aromatic carbocycles. The van der Waals surface area contributed by atoms with Crippen molar-refractivity contribution in [3.8, 4) is 11.1 Å². The number of hydrogen-bond acceptors (Lipinski definition) is 3. The van der Waals surface area contributed by atoms with Gasteiger partial charge in [0.1, 0.15) is 0 Å². The number of aromatic amines is 1. The summed E-state index contributed by atoms with van der Waals surface area (Å²) in [6.45, 7) is 2.13. The minimum atomic E-state index is 0.0905. The number of carbonyl (C=O) groups is 1. The fourth-order valence-electron chi connectivity index (χ4n) is 3.55. The third-order valence-corrected chi connectivity index (χ3v) is 5.12. The van der Waals surface area contributed by atoms with E-state index in [9.17, 15) is 4.79 Å². The number of likely N-dealkylation sites (N-methyl/N-ethyl adjacent to an activating group) is 1. The summed E-state index contributed by atoms with van der Waals surface area (Å²) < 4.78 is 1.75. The van der Waals surface area contributed by atoms with Gasteiger partial charge < -0.3 is 9.88 Å². The number of H-pyrrole nitrogens is 1. The Bertz CT molecular complexity index is 714. The van der Waals surface area contributed by atoms with Crippen LogP contribution in [0.5, 0.6) is 0 Å². The van der Waals surface area contributed by atoms with Gasteiger partial charge in [-0.1, -0.05) is 0 Å². The van der Waals surface area contributed by atoms with E-state index >= 15 is 0 Å². The average Bonchev–Trinajstić information content (AvgIpc) is 2.97. The zero-order chi connectivity index (χ0) is 16.0. The molecule has 6 heteroatoms. The molecule has 1 amide bonds. The number of amides is 1. The lowest BCUT2D eigenvalue weighted by Crippen LogP contribution is -2.39. The van der Waals surface area contributed by atoms with Crippen molar-refractivity contribution in [3.63, 3.8) is 0 Å². The largest absolute Gasteiger partial charge is 0.366 e.